The fourth-order valence-electron chi connectivity index (χ4n) is 2.52. The van der Waals surface area contributed by atoms with Crippen molar-refractivity contribution in [1.29, 1.82) is 0 Å². The van der Waals surface area contributed by atoms with E-state index in [1.54, 1.807) is 23.4 Å². The number of piperidine rings is 1. The molecule has 126 valence electrons. The van der Waals surface area contributed by atoms with Crippen LogP contribution >= 0.6 is 0 Å². The first-order valence-electron chi connectivity index (χ1n) is 7.80. The van der Waals surface area contributed by atoms with E-state index in [0.29, 0.717) is 24.8 Å². The maximum atomic E-state index is 12.8. The van der Waals surface area contributed by atoms with Crippen LogP contribution in [0.5, 0.6) is 11.8 Å². The van der Waals surface area contributed by atoms with Crippen LogP contribution in [0.2, 0.25) is 0 Å². The molecule has 1 aliphatic heterocycles. The fraction of sp³-hybridized carbons (Fsp3) is 0.353. The Balaban J connectivity index is 1.50. The Labute approximate surface area is 139 Å². The van der Waals surface area contributed by atoms with Crippen molar-refractivity contribution in [2.24, 2.45) is 0 Å². The summed E-state index contributed by atoms with van der Waals surface area (Å²) < 4.78 is 24.0. The van der Waals surface area contributed by atoms with Crippen molar-refractivity contribution >= 4 is 5.91 Å². The highest BCUT2D eigenvalue weighted by atomic mass is 19.1. The molecule has 3 rings (SSSR count). The second-order valence-electron chi connectivity index (χ2n) is 5.50. The number of halogens is 1. The number of nitrogens with zero attached hydrogens (tertiary/aromatic N) is 3. The molecule has 0 bridgehead atoms. The molecule has 1 aliphatic rings. The van der Waals surface area contributed by atoms with E-state index in [1.807, 2.05) is 0 Å². The number of likely N-dealkylation sites (tertiary alicyclic amines) is 1. The highest BCUT2D eigenvalue weighted by Crippen LogP contribution is 2.16. The molecular weight excluding hydrogens is 313 g/mol. The minimum atomic E-state index is -0.340. The lowest BCUT2D eigenvalue weighted by molar-refractivity contribution is -0.136. The van der Waals surface area contributed by atoms with E-state index in [4.69, 9.17) is 9.47 Å². The molecule has 1 aromatic heterocycles. The first-order chi connectivity index (χ1) is 11.7. The first kappa shape index (κ1) is 16.2. The second kappa shape index (κ2) is 7.72. The zero-order valence-electron chi connectivity index (χ0n) is 13.1. The van der Waals surface area contributed by atoms with Crippen LogP contribution in [-0.4, -0.2) is 46.6 Å². The Kier molecular flexibility index (Phi) is 5.20. The van der Waals surface area contributed by atoms with Crippen LogP contribution in [0.4, 0.5) is 4.39 Å². The molecule has 1 saturated heterocycles. The molecule has 0 aliphatic carbocycles. The van der Waals surface area contributed by atoms with Gasteiger partial charge in [-0.25, -0.2) is 14.4 Å². The summed E-state index contributed by atoms with van der Waals surface area (Å²) in [6, 6.07) is 7.62. The second-order valence-corrected chi connectivity index (χ2v) is 5.50. The minimum absolute atomic E-state index is 0.0831. The number of carbonyl (C=O) groups is 1. The summed E-state index contributed by atoms with van der Waals surface area (Å²) in [6.07, 6.45) is 4.80. The standard InChI is InChI=1S/C17H18FN3O3/c18-13-4-6-14(7-5-13)23-12-16(22)21-10-1-3-15(11-21)24-17-19-8-2-9-20-17/h2,4-9,15H,1,3,10-12H2. The van der Waals surface area contributed by atoms with Crippen molar-refractivity contribution in [3.63, 3.8) is 0 Å². The number of benzene rings is 1. The predicted molar refractivity (Wildman–Crippen MR) is 84.2 cm³/mol. The maximum absolute atomic E-state index is 12.8. The van der Waals surface area contributed by atoms with Crippen LogP contribution in [0, 0.1) is 5.82 Å². The van der Waals surface area contributed by atoms with Crippen LogP contribution in [0.25, 0.3) is 0 Å². The number of ether oxygens (including phenoxy) is 2. The van der Waals surface area contributed by atoms with Crippen molar-refractivity contribution < 1.29 is 18.7 Å². The number of hydrogen-bond acceptors (Lipinski definition) is 5. The summed E-state index contributed by atoms with van der Waals surface area (Å²) >= 11 is 0. The third-order valence-electron chi connectivity index (χ3n) is 3.72. The van der Waals surface area contributed by atoms with Gasteiger partial charge in [-0.05, 0) is 43.2 Å². The van der Waals surface area contributed by atoms with Gasteiger partial charge in [-0.1, -0.05) is 0 Å². The third-order valence-corrected chi connectivity index (χ3v) is 3.72. The molecule has 6 nitrogen and oxygen atoms in total. The molecule has 0 N–H and O–H groups in total. The van der Waals surface area contributed by atoms with Crippen LogP contribution in [0.1, 0.15) is 12.8 Å². The van der Waals surface area contributed by atoms with E-state index in [-0.39, 0.29) is 24.4 Å². The summed E-state index contributed by atoms with van der Waals surface area (Å²) in [5, 5.41) is 0. The molecule has 1 amide bonds. The topological polar surface area (TPSA) is 64.5 Å². The quantitative estimate of drug-likeness (QED) is 0.839. The highest BCUT2D eigenvalue weighted by molar-refractivity contribution is 5.77. The van der Waals surface area contributed by atoms with Gasteiger partial charge in [-0.15, -0.1) is 0 Å². The monoisotopic (exact) mass is 331 g/mol. The van der Waals surface area contributed by atoms with Crippen molar-refractivity contribution in [1.82, 2.24) is 14.9 Å². The van der Waals surface area contributed by atoms with Gasteiger partial charge in [0.05, 0.1) is 6.54 Å². The molecule has 1 fully saturated rings. The number of carbonyl (C=O) groups excluding carboxylic acids is 1. The zero-order valence-corrected chi connectivity index (χ0v) is 13.1. The van der Waals surface area contributed by atoms with Gasteiger partial charge in [0, 0.05) is 18.9 Å². The van der Waals surface area contributed by atoms with E-state index in [0.717, 1.165) is 12.8 Å². The van der Waals surface area contributed by atoms with Gasteiger partial charge in [0.25, 0.3) is 5.91 Å². The summed E-state index contributed by atoms with van der Waals surface area (Å²) in [5.41, 5.74) is 0. The summed E-state index contributed by atoms with van der Waals surface area (Å²) in [6.45, 7) is 1.06. The van der Waals surface area contributed by atoms with E-state index in [9.17, 15) is 9.18 Å². The van der Waals surface area contributed by atoms with Crippen LogP contribution in [0.3, 0.4) is 0 Å². The fourth-order valence-corrected chi connectivity index (χ4v) is 2.52. The molecule has 1 aromatic carbocycles. The SMILES string of the molecule is O=C(COc1ccc(F)cc1)N1CCCC(Oc2ncccn2)C1. The summed E-state index contributed by atoms with van der Waals surface area (Å²) in [5.74, 6) is 0.00155. The Morgan fingerprint density at radius 2 is 2.00 bits per heavy atom. The molecule has 0 saturated carbocycles. The van der Waals surface area contributed by atoms with Crippen molar-refractivity contribution in [2.45, 2.75) is 18.9 Å². The lowest BCUT2D eigenvalue weighted by atomic mass is 10.1. The molecular formula is C17H18FN3O3. The molecule has 2 heterocycles. The summed E-state index contributed by atoms with van der Waals surface area (Å²) in [4.78, 5) is 22.1. The molecule has 24 heavy (non-hydrogen) atoms. The lowest BCUT2D eigenvalue weighted by Crippen LogP contribution is -2.46. The molecule has 2 aromatic rings. The van der Waals surface area contributed by atoms with Gasteiger partial charge >= 0.3 is 6.01 Å². The largest absolute Gasteiger partial charge is 0.484 e. The first-order valence-corrected chi connectivity index (χ1v) is 7.80. The minimum Gasteiger partial charge on any atom is -0.484 e. The normalized spacial score (nSPS) is 17.4. The molecule has 0 spiro atoms. The number of hydrogen-bond donors (Lipinski definition) is 0. The maximum Gasteiger partial charge on any atom is 0.316 e. The van der Waals surface area contributed by atoms with Crippen molar-refractivity contribution in [2.75, 3.05) is 19.7 Å². The van der Waals surface area contributed by atoms with E-state index >= 15 is 0 Å². The number of rotatable bonds is 5. The van der Waals surface area contributed by atoms with Crippen LogP contribution in [0.15, 0.2) is 42.7 Å². The average molecular weight is 331 g/mol. The van der Waals surface area contributed by atoms with Crippen LogP contribution in [-0.2, 0) is 4.79 Å². The smallest absolute Gasteiger partial charge is 0.316 e. The van der Waals surface area contributed by atoms with Gasteiger partial charge in [-0.2, -0.15) is 0 Å². The van der Waals surface area contributed by atoms with Gasteiger partial charge < -0.3 is 14.4 Å². The van der Waals surface area contributed by atoms with Crippen LogP contribution < -0.4 is 9.47 Å². The molecule has 1 unspecified atom stereocenters. The van der Waals surface area contributed by atoms with Crippen molar-refractivity contribution in [3.05, 3.63) is 48.5 Å². The number of aromatic nitrogens is 2. The Bertz CT molecular complexity index is 667. The molecule has 1 atom stereocenters. The van der Waals surface area contributed by atoms with Gasteiger partial charge in [-0.3, -0.25) is 4.79 Å². The van der Waals surface area contributed by atoms with E-state index in [1.165, 1.54) is 24.3 Å². The Hall–Kier alpha value is -2.70. The lowest BCUT2D eigenvalue weighted by Gasteiger charge is -2.32. The predicted octanol–water partition coefficient (Wildman–Crippen LogP) is 2.06. The highest BCUT2D eigenvalue weighted by Gasteiger charge is 2.25. The van der Waals surface area contributed by atoms with Gasteiger partial charge in [0.15, 0.2) is 6.61 Å². The zero-order chi connectivity index (χ0) is 16.8. The van der Waals surface area contributed by atoms with E-state index in [2.05, 4.69) is 9.97 Å². The third kappa shape index (κ3) is 4.41. The molecule has 7 heteroatoms. The Morgan fingerprint density at radius 1 is 1.25 bits per heavy atom. The van der Waals surface area contributed by atoms with E-state index < -0.39 is 0 Å². The van der Waals surface area contributed by atoms with Crippen molar-refractivity contribution in [3.8, 4) is 11.8 Å². The summed E-state index contributed by atoms with van der Waals surface area (Å²) in [7, 11) is 0. The average Bonchev–Trinajstić information content (AvgIpc) is 2.62. The number of amides is 1. The van der Waals surface area contributed by atoms with Gasteiger partial charge in [0.1, 0.15) is 17.7 Å². The Morgan fingerprint density at radius 3 is 2.75 bits per heavy atom. The van der Waals surface area contributed by atoms with Gasteiger partial charge in [0.2, 0.25) is 0 Å². The molecule has 0 radical (unpaired) electrons.